The van der Waals surface area contributed by atoms with E-state index in [0.717, 1.165) is 11.5 Å². The van der Waals surface area contributed by atoms with Gasteiger partial charge in [-0.15, -0.1) is 0 Å². The molecule has 6 nitrogen and oxygen atoms in total. The first-order valence-electron chi connectivity index (χ1n) is 6.29. The number of ether oxygens (including phenoxy) is 1. The van der Waals surface area contributed by atoms with E-state index in [-0.39, 0.29) is 12.6 Å². The van der Waals surface area contributed by atoms with Crippen molar-refractivity contribution in [1.82, 2.24) is 10.2 Å². The Morgan fingerprint density at radius 1 is 1.37 bits per heavy atom. The summed E-state index contributed by atoms with van der Waals surface area (Å²) in [5.41, 5.74) is -0.430. The Bertz CT molecular complexity index is 324. The number of hydrogen-bond acceptors (Lipinski definition) is 4. The Morgan fingerprint density at radius 3 is 2.42 bits per heavy atom. The second-order valence-corrected chi connectivity index (χ2v) is 6.59. The molecule has 110 valence electrons. The number of nitrogens with one attached hydrogen (secondary N) is 1. The molecule has 1 heterocycles. The first-order valence-corrected chi connectivity index (χ1v) is 7.45. The minimum absolute atomic E-state index is 0.0346. The van der Waals surface area contributed by atoms with E-state index >= 15 is 0 Å². The zero-order valence-electron chi connectivity index (χ0n) is 11.6. The van der Waals surface area contributed by atoms with Gasteiger partial charge in [0, 0.05) is 24.6 Å². The molecule has 0 bridgehead atoms. The molecular weight excluding hydrogens is 268 g/mol. The second kappa shape index (κ2) is 7.00. The van der Waals surface area contributed by atoms with E-state index < -0.39 is 17.6 Å². The lowest BCUT2D eigenvalue weighted by Crippen LogP contribution is -2.52. The quantitative estimate of drug-likeness (QED) is 0.808. The fourth-order valence-corrected chi connectivity index (χ4v) is 2.42. The molecule has 1 aliphatic rings. The van der Waals surface area contributed by atoms with Gasteiger partial charge in [-0.25, -0.2) is 9.59 Å². The summed E-state index contributed by atoms with van der Waals surface area (Å²) in [7, 11) is 0. The Labute approximate surface area is 117 Å². The highest BCUT2D eigenvalue weighted by atomic mass is 32.2. The number of nitrogens with zero attached hydrogens (tertiary/aromatic N) is 1. The van der Waals surface area contributed by atoms with Gasteiger partial charge in [-0.2, -0.15) is 11.8 Å². The van der Waals surface area contributed by atoms with Crippen LogP contribution in [-0.4, -0.2) is 64.9 Å². The average Bonchev–Trinajstić information content (AvgIpc) is 2.33. The normalized spacial score (nSPS) is 17.9. The van der Waals surface area contributed by atoms with Crippen LogP contribution in [0.4, 0.5) is 4.79 Å². The highest BCUT2D eigenvalue weighted by Crippen LogP contribution is 2.10. The summed E-state index contributed by atoms with van der Waals surface area (Å²) in [4.78, 5) is 24.7. The molecule has 0 unspecified atom stereocenters. The molecule has 0 radical (unpaired) electrons. The van der Waals surface area contributed by atoms with Crippen LogP contribution >= 0.6 is 11.8 Å². The van der Waals surface area contributed by atoms with Crippen LogP contribution in [0, 0.1) is 0 Å². The average molecular weight is 290 g/mol. The zero-order chi connectivity index (χ0) is 14.5. The van der Waals surface area contributed by atoms with E-state index in [9.17, 15) is 9.59 Å². The molecule has 1 atom stereocenters. The van der Waals surface area contributed by atoms with Crippen LogP contribution < -0.4 is 5.32 Å². The highest BCUT2D eigenvalue weighted by Gasteiger charge is 2.26. The zero-order valence-corrected chi connectivity index (χ0v) is 12.5. The van der Waals surface area contributed by atoms with Crippen LogP contribution in [0.15, 0.2) is 0 Å². The Balaban J connectivity index is 2.48. The molecular formula is C12H22N2O4S. The standard InChI is InChI=1S/C12H22N2O4S/c1-12(2,3)18-8-9(10(15)16)13-11(17)14-4-6-19-7-5-14/h9H,4-8H2,1-3H3,(H,13,17)(H,15,16)/t9-/m0/s1. The first-order chi connectivity index (χ1) is 8.79. The SMILES string of the molecule is CC(C)(C)OC[C@H](NC(=O)N1CCSCC1)C(=O)O. The van der Waals surface area contributed by atoms with Gasteiger partial charge in [0.2, 0.25) is 0 Å². The smallest absolute Gasteiger partial charge is 0.328 e. The molecule has 0 spiro atoms. The number of carbonyl (C=O) groups is 2. The molecule has 0 aliphatic carbocycles. The number of amides is 2. The molecule has 1 saturated heterocycles. The molecule has 0 aromatic carbocycles. The molecule has 0 aromatic rings. The van der Waals surface area contributed by atoms with Crippen LogP contribution in [0.5, 0.6) is 0 Å². The number of carbonyl (C=O) groups excluding carboxylic acids is 1. The van der Waals surface area contributed by atoms with Gasteiger partial charge in [-0.1, -0.05) is 0 Å². The van der Waals surface area contributed by atoms with Gasteiger partial charge in [0.25, 0.3) is 0 Å². The number of rotatable bonds is 4. The third kappa shape index (κ3) is 6.15. The van der Waals surface area contributed by atoms with Gasteiger partial charge >= 0.3 is 12.0 Å². The number of aliphatic carboxylic acids is 1. The molecule has 0 saturated carbocycles. The summed E-state index contributed by atoms with van der Waals surface area (Å²) < 4.78 is 5.42. The monoisotopic (exact) mass is 290 g/mol. The topological polar surface area (TPSA) is 78.9 Å². The predicted molar refractivity (Wildman–Crippen MR) is 74.6 cm³/mol. The molecule has 0 aromatic heterocycles. The van der Waals surface area contributed by atoms with Crippen molar-refractivity contribution in [1.29, 1.82) is 0 Å². The third-order valence-electron chi connectivity index (χ3n) is 2.58. The largest absolute Gasteiger partial charge is 0.480 e. The van der Waals surface area contributed by atoms with Gasteiger partial charge in [0.1, 0.15) is 0 Å². The van der Waals surface area contributed by atoms with Gasteiger partial charge in [0.15, 0.2) is 6.04 Å². The number of carboxylic acid groups (broad SMARTS) is 1. The lowest BCUT2D eigenvalue weighted by molar-refractivity contribution is -0.142. The lowest BCUT2D eigenvalue weighted by atomic mass is 10.2. The van der Waals surface area contributed by atoms with Crippen molar-refractivity contribution in [3.05, 3.63) is 0 Å². The van der Waals surface area contributed by atoms with E-state index in [1.54, 1.807) is 16.7 Å². The van der Waals surface area contributed by atoms with Crippen LogP contribution in [-0.2, 0) is 9.53 Å². The Hall–Kier alpha value is -0.950. The van der Waals surface area contributed by atoms with Crippen LogP contribution in [0.2, 0.25) is 0 Å². The summed E-state index contributed by atoms with van der Waals surface area (Å²) >= 11 is 1.79. The second-order valence-electron chi connectivity index (χ2n) is 5.36. The van der Waals surface area contributed by atoms with Crippen molar-refractivity contribution < 1.29 is 19.4 Å². The fourth-order valence-electron chi connectivity index (χ4n) is 1.51. The number of thioether (sulfide) groups is 1. The summed E-state index contributed by atoms with van der Waals surface area (Å²) in [5, 5.41) is 11.6. The maximum atomic E-state index is 11.9. The maximum absolute atomic E-state index is 11.9. The summed E-state index contributed by atoms with van der Waals surface area (Å²) in [6, 6.07) is -1.34. The van der Waals surface area contributed by atoms with Gasteiger partial charge in [-0.05, 0) is 20.8 Å². The van der Waals surface area contributed by atoms with Crippen molar-refractivity contribution in [2.45, 2.75) is 32.4 Å². The summed E-state index contributed by atoms with van der Waals surface area (Å²) in [6.45, 7) is 6.81. The maximum Gasteiger partial charge on any atom is 0.328 e. The van der Waals surface area contributed by atoms with Crippen LogP contribution in [0.3, 0.4) is 0 Å². The fraction of sp³-hybridized carbons (Fsp3) is 0.833. The van der Waals surface area contributed by atoms with E-state index in [1.807, 2.05) is 20.8 Å². The minimum Gasteiger partial charge on any atom is -0.480 e. The number of urea groups is 1. The lowest BCUT2D eigenvalue weighted by Gasteiger charge is -2.29. The van der Waals surface area contributed by atoms with Crippen molar-refractivity contribution in [2.24, 2.45) is 0 Å². The van der Waals surface area contributed by atoms with Crippen molar-refractivity contribution in [2.75, 3.05) is 31.2 Å². The van der Waals surface area contributed by atoms with Gasteiger partial charge in [0.05, 0.1) is 12.2 Å². The van der Waals surface area contributed by atoms with Crippen LogP contribution in [0.1, 0.15) is 20.8 Å². The van der Waals surface area contributed by atoms with E-state index in [0.29, 0.717) is 13.1 Å². The highest BCUT2D eigenvalue weighted by molar-refractivity contribution is 7.99. The molecule has 7 heteroatoms. The molecule has 2 N–H and O–H groups in total. The summed E-state index contributed by atoms with van der Waals surface area (Å²) in [6.07, 6.45) is 0. The number of carboxylic acids is 1. The molecule has 1 rings (SSSR count). The van der Waals surface area contributed by atoms with Crippen molar-refractivity contribution >= 4 is 23.8 Å². The molecule has 1 aliphatic heterocycles. The third-order valence-corrected chi connectivity index (χ3v) is 3.52. The molecule has 1 fully saturated rings. The first kappa shape index (κ1) is 16.1. The van der Waals surface area contributed by atoms with Crippen LogP contribution in [0.25, 0.3) is 0 Å². The van der Waals surface area contributed by atoms with E-state index in [4.69, 9.17) is 9.84 Å². The van der Waals surface area contributed by atoms with Crippen molar-refractivity contribution in [3.63, 3.8) is 0 Å². The predicted octanol–water partition coefficient (Wildman–Crippen LogP) is 1.01. The van der Waals surface area contributed by atoms with E-state index in [2.05, 4.69) is 5.32 Å². The number of hydrogen-bond donors (Lipinski definition) is 2. The van der Waals surface area contributed by atoms with Crippen molar-refractivity contribution in [3.8, 4) is 0 Å². The minimum atomic E-state index is -1.08. The van der Waals surface area contributed by atoms with E-state index in [1.165, 1.54) is 0 Å². The van der Waals surface area contributed by atoms with Gasteiger partial charge in [-0.3, -0.25) is 0 Å². The molecule has 2 amide bonds. The molecule has 19 heavy (non-hydrogen) atoms. The Kier molecular flexibility index (Phi) is 5.93. The summed E-state index contributed by atoms with van der Waals surface area (Å²) in [5.74, 6) is 0.705. The van der Waals surface area contributed by atoms with Gasteiger partial charge < -0.3 is 20.1 Å². The Morgan fingerprint density at radius 2 is 1.95 bits per heavy atom.